The number of carboxylic acid groups (broad SMARTS) is 1. The number of imidazole rings is 1. The van der Waals surface area contributed by atoms with Crippen molar-refractivity contribution in [3.63, 3.8) is 0 Å². The van der Waals surface area contributed by atoms with Crippen LogP contribution in [0.15, 0.2) is 12.5 Å². The molecule has 0 bridgehead atoms. The van der Waals surface area contributed by atoms with E-state index < -0.39 is 47.9 Å². The summed E-state index contributed by atoms with van der Waals surface area (Å²) in [5.74, 6) is -2.30. The number of nitrogens with zero attached hydrogens (tertiary/aromatic N) is 1. The van der Waals surface area contributed by atoms with Crippen molar-refractivity contribution in [2.24, 2.45) is 17.2 Å². The Hall–Kier alpha value is -2.68. The summed E-state index contributed by atoms with van der Waals surface area (Å²) >= 11 is 1.47. The first-order valence-electron chi connectivity index (χ1n) is 12.5. The number of carbonyl (C=O) groups is 4. The Morgan fingerprint density at radius 3 is 2.08 bits per heavy atom. The van der Waals surface area contributed by atoms with Gasteiger partial charge in [-0.05, 0) is 63.6 Å². The number of hydrogen-bond acceptors (Lipinski definition) is 9. The van der Waals surface area contributed by atoms with Gasteiger partial charge in [0.15, 0.2) is 0 Å². The summed E-state index contributed by atoms with van der Waals surface area (Å²) in [7, 11) is 0. The third-order valence-electron chi connectivity index (χ3n) is 5.72. The second-order valence-corrected chi connectivity index (χ2v) is 9.75. The van der Waals surface area contributed by atoms with Gasteiger partial charge >= 0.3 is 5.97 Å². The Bertz CT molecular complexity index is 826. The zero-order chi connectivity index (χ0) is 27.6. The van der Waals surface area contributed by atoms with Crippen molar-refractivity contribution in [2.75, 3.05) is 25.1 Å². The summed E-state index contributed by atoms with van der Waals surface area (Å²) in [4.78, 5) is 57.4. The molecule has 14 heteroatoms. The molecule has 0 aliphatic rings. The summed E-state index contributed by atoms with van der Waals surface area (Å²) in [6.45, 7) is 0.904. The number of hydrogen-bond donors (Lipinski definition) is 8. The summed E-state index contributed by atoms with van der Waals surface area (Å²) < 4.78 is 0. The third-order valence-corrected chi connectivity index (χ3v) is 6.37. The molecule has 1 aromatic heterocycles. The molecule has 0 spiro atoms. The van der Waals surface area contributed by atoms with E-state index in [0.29, 0.717) is 50.2 Å². The van der Waals surface area contributed by atoms with Crippen molar-refractivity contribution in [2.45, 2.75) is 75.5 Å². The fourth-order valence-electron chi connectivity index (χ4n) is 3.54. The third kappa shape index (κ3) is 12.9. The first-order chi connectivity index (χ1) is 17.7. The number of H-pyrrole nitrogens is 1. The van der Waals surface area contributed by atoms with Gasteiger partial charge in [0.25, 0.3) is 0 Å². The van der Waals surface area contributed by atoms with Gasteiger partial charge < -0.3 is 43.2 Å². The van der Waals surface area contributed by atoms with Crippen LogP contribution in [-0.4, -0.2) is 88.0 Å². The topological polar surface area (TPSA) is 231 Å². The lowest BCUT2D eigenvalue weighted by Crippen LogP contribution is -2.57. The van der Waals surface area contributed by atoms with Gasteiger partial charge in [-0.25, -0.2) is 9.78 Å². The highest BCUT2D eigenvalue weighted by atomic mass is 32.2. The minimum absolute atomic E-state index is 0.0930. The first-order valence-corrected chi connectivity index (χ1v) is 13.9. The highest BCUT2D eigenvalue weighted by molar-refractivity contribution is 7.98. The molecule has 0 aliphatic carbocycles. The lowest BCUT2D eigenvalue weighted by atomic mass is 10.0. The maximum Gasteiger partial charge on any atom is 0.326 e. The smallest absolute Gasteiger partial charge is 0.326 e. The summed E-state index contributed by atoms with van der Waals surface area (Å²) in [5, 5.41) is 17.4. The van der Waals surface area contributed by atoms with Gasteiger partial charge in [0.05, 0.1) is 12.4 Å². The van der Waals surface area contributed by atoms with Gasteiger partial charge in [-0.2, -0.15) is 11.8 Å². The van der Waals surface area contributed by atoms with Gasteiger partial charge in [-0.15, -0.1) is 0 Å². The number of rotatable bonds is 20. The molecule has 3 amide bonds. The van der Waals surface area contributed by atoms with Gasteiger partial charge in [-0.1, -0.05) is 6.42 Å². The van der Waals surface area contributed by atoms with Crippen LogP contribution in [0.5, 0.6) is 0 Å². The van der Waals surface area contributed by atoms with Crippen LogP contribution >= 0.6 is 11.8 Å². The normalized spacial score (nSPS) is 14.3. The Morgan fingerprint density at radius 2 is 1.51 bits per heavy atom. The number of unbranched alkanes of at least 4 members (excludes halogenated alkanes) is 2. The van der Waals surface area contributed by atoms with Crippen LogP contribution in [0.2, 0.25) is 0 Å². The predicted molar refractivity (Wildman–Crippen MR) is 143 cm³/mol. The van der Waals surface area contributed by atoms with E-state index in [9.17, 15) is 24.3 Å². The van der Waals surface area contributed by atoms with Crippen molar-refractivity contribution < 1.29 is 24.3 Å². The van der Waals surface area contributed by atoms with Gasteiger partial charge in [0, 0.05) is 18.3 Å². The SMILES string of the molecule is CSCCC(NC(=O)C(CCCCN)NC(=O)C(Cc1cnc[nH]1)NC(=O)C(N)CCCCN)C(=O)O. The molecule has 1 aromatic rings. The maximum atomic E-state index is 13.3. The lowest BCUT2D eigenvalue weighted by molar-refractivity contribution is -0.142. The molecule has 13 nitrogen and oxygen atoms in total. The fourth-order valence-corrected chi connectivity index (χ4v) is 4.01. The van der Waals surface area contributed by atoms with Crippen LogP contribution in [0.4, 0.5) is 0 Å². The minimum atomic E-state index is -1.15. The number of nitrogens with two attached hydrogens (primary N) is 3. The maximum absolute atomic E-state index is 13.3. The van der Waals surface area contributed by atoms with Crippen LogP contribution in [0.25, 0.3) is 0 Å². The van der Waals surface area contributed by atoms with Crippen molar-refractivity contribution in [3.8, 4) is 0 Å². The molecule has 4 atom stereocenters. The van der Waals surface area contributed by atoms with Crippen LogP contribution in [-0.2, 0) is 25.6 Å². The molecular weight excluding hydrogens is 500 g/mol. The number of thioether (sulfide) groups is 1. The number of amides is 3. The van der Waals surface area contributed by atoms with E-state index in [1.54, 1.807) is 0 Å². The molecule has 0 aromatic carbocycles. The summed E-state index contributed by atoms with van der Waals surface area (Å²) in [6.07, 6.45) is 8.40. The molecule has 1 rings (SSSR count). The highest BCUT2D eigenvalue weighted by Gasteiger charge is 2.30. The Morgan fingerprint density at radius 1 is 0.919 bits per heavy atom. The summed E-state index contributed by atoms with van der Waals surface area (Å²) in [6, 6.07) is -3.94. The molecule has 210 valence electrons. The summed E-state index contributed by atoms with van der Waals surface area (Å²) in [5.41, 5.74) is 17.7. The zero-order valence-corrected chi connectivity index (χ0v) is 22.2. The van der Waals surface area contributed by atoms with E-state index in [1.165, 1.54) is 24.3 Å². The van der Waals surface area contributed by atoms with Crippen LogP contribution < -0.4 is 33.2 Å². The molecule has 37 heavy (non-hydrogen) atoms. The molecule has 0 radical (unpaired) electrons. The monoisotopic (exact) mass is 542 g/mol. The van der Waals surface area contributed by atoms with Crippen LogP contribution in [0, 0.1) is 0 Å². The average molecular weight is 543 g/mol. The molecule has 0 saturated heterocycles. The second-order valence-electron chi connectivity index (χ2n) is 8.76. The van der Waals surface area contributed by atoms with Crippen molar-refractivity contribution >= 4 is 35.5 Å². The predicted octanol–water partition coefficient (Wildman–Crippen LogP) is -1.17. The van der Waals surface area contributed by atoms with E-state index in [0.717, 1.165) is 6.42 Å². The fraction of sp³-hybridized carbons (Fsp3) is 0.696. The van der Waals surface area contributed by atoms with Crippen molar-refractivity contribution in [3.05, 3.63) is 18.2 Å². The number of nitrogens with one attached hydrogen (secondary N) is 4. The quantitative estimate of drug-likeness (QED) is 0.0919. The van der Waals surface area contributed by atoms with Gasteiger partial charge in [0.2, 0.25) is 17.7 Å². The van der Waals surface area contributed by atoms with E-state index in [2.05, 4.69) is 25.9 Å². The number of carboxylic acids is 1. The van der Waals surface area contributed by atoms with Gasteiger partial charge in [-0.3, -0.25) is 14.4 Å². The van der Waals surface area contributed by atoms with Gasteiger partial charge in [0.1, 0.15) is 18.1 Å². The number of aliphatic carboxylic acids is 1. The van der Waals surface area contributed by atoms with E-state index in [4.69, 9.17) is 17.2 Å². The molecule has 11 N–H and O–H groups in total. The first kappa shape index (κ1) is 32.3. The Kier molecular flexibility index (Phi) is 16.2. The number of aromatic nitrogens is 2. The number of carbonyl (C=O) groups excluding carboxylic acids is 3. The second kappa shape index (κ2) is 18.5. The van der Waals surface area contributed by atoms with E-state index in [1.807, 2.05) is 6.26 Å². The van der Waals surface area contributed by atoms with Crippen LogP contribution in [0.1, 0.15) is 50.6 Å². The van der Waals surface area contributed by atoms with Crippen LogP contribution in [0.3, 0.4) is 0 Å². The van der Waals surface area contributed by atoms with E-state index >= 15 is 0 Å². The number of aromatic amines is 1. The Balaban J connectivity index is 2.99. The highest BCUT2D eigenvalue weighted by Crippen LogP contribution is 2.07. The molecular formula is C23H42N8O5S. The molecule has 0 fully saturated rings. The molecule has 4 unspecified atom stereocenters. The molecule has 0 aliphatic heterocycles. The zero-order valence-electron chi connectivity index (χ0n) is 21.4. The lowest BCUT2D eigenvalue weighted by Gasteiger charge is -2.25. The molecule has 1 heterocycles. The Labute approximate surface area is 221 Å². The largest absolute Gasteiger partial charge is 0.480 e. The van der Waals surface area contributed by atoms with Crippen molar-refractivity contribution in [1.82, 2.24) is 25.9 Å². The average Bonchev–Trinajstić information content (AvgIpc) is 3.38. The van der Waals surface area contributed by atoms with Crippen molar-refractivity contribution in [1.29, 1.82) is 0 Å². The standard InChI is InChI=1S/C23H42N8O5S/c1-37-11-8-18(23(35)36)30-21(33)17(7-3-5-10-25)29-22(34)19(12-15-13-27-14-28-15)31-20(32)16(26)6-2-4-9-24/h13-14,16-19H,2-12,24-26H2,1H3,(H,27,28)(H,29,34)(H,30,33)(H,31,32)(H,35,36). The molecule has 0 saturated carbocycles. The minimum Gasteiger partial charge on any atom is -0.480 e. The van der Waals surface area contributed by atoms with E-state index in [-0.39, 0.29) is 19.3 Å².